The van der Waals surface area contributed by atoms with E-state index in [-0.39, 0.29) is 0 Å². The topological polar surface area (TPSA) is 24.5 Å². The van der Waals surface area contributed by atoms with Crippen LogP contribution in [-0.2, 0) is 4.74 Å². The van der Waals surface area contributed by atoms with Crippen LogP contribution in [0.25, 0.3) is 0 Å². The molecule has 0 aromatic heterocycles. The highest BCUT2D eigenvalue weighted by molar-refractivity contribution is 7.99. The smallest absolute Gasteiger partial charge is 0.0618 e. The largest absolute Gasteiger partial charge is 0.383 e. The van der Waals surface area contributed by atoms with E-state index >= 15 is 0 Å². The molecule has 2 aliphatic rings. The first-order valence-corrected chi connectivity index (χ1v) is 7.58. The molecule has 0 spiro atoms. The molecule has 2 rings (SSSR count). The lowest BCUT2D eigenvalue weighted by atomic mass is 10.2. The van der Waals surface area contributed by atoms with Gasteiger partial charge in [-0.1, -0.05) is 0 Å². The Bertz CT molecular complexity index is 193. The zero-order valence-electron chi connectivity index (χ0n) is 10.3. The Balaban J connectivity index is 1.57. The van der Waals surface area contributed by atoms with Crippen LogP contribution in [0, 0.1) is 5.92 Å². The van der Waals surface area contributed by atoms with Crippen molar-refractivity contribution in [3.05, 3.63) is 0 Å². The molecule has 4 heteroatoms. The van der Waals surface area contributed by atoms with Gasteiger partial charge in [0.15, 0.2) is 0 Å². The molecular weight excluding hydrogens is 220 g/mol. The summed E-state index contributed by atoms with van der Waals surface area (Å²) in [7, 11) is 1.80. The average molecular weight is 244 g/mol. The minimum Gasteiger partial charge on any atom is -0.383 e. The summed E-state index contributed by atoms with van der Waals surface area (Å²) in [6.07, 6.45) is 2.78. The minimum atomic E-state index is 0.601. The second-order valence-electron chi connectivity index (χ2n) is 4.81. The highest BCUT2D eigenvalue weighted by Crippen LogP contribution is 2.32. The van der Waals surface area contributed by atoms with Crippen LogP contribution in [0.4, 0.5) is 0 Å². The summed E-state index contributed by atoms with van der Waals surface area (Å²) in [5.41, 5.74) is 0. The Labute approximate surface area is 103 Å². The molecular formula is C12H24N2OS. The number of rotatable bonds is 7. The zero-order valence-corrected chi connectivity index (χ0v) is 11.1. The maximum atomic E-state index is 5.27. The molecule has 1 atom stereocenters. The summed E-state index contributed by atoms with van der Waals surface area (Å²) in [5, 5.41) is 3.66. The van der Waals surface area contributed by atoms with Crippen LogP contribution >= 0.6 is 11.8 Å². The standard InChI is InChI=1S/C12H24N2OS/c1-15-10-12(11-2-3-11)13-4-5-14-6-8-16-9-7-14/h11-13H,2-10H2,1H3. The molecule has 1 aliphatic carbocycles. The van der Waals surface area contributed by atoms with E-state index < -0.39 is 0 Å². The van der Waals surface area contributed by atoms with Crippen LogP contribution < -0.4 is 5.32 Å². The third kappa shape index (κ3) is 4.24. The molecule has 2 fully saturated rings. The molecule has 0 radical (unpaired) electrons. The highest BCUT2D eigenvalue weighted by Gasteiger charge is 2.30. The third-order valence-corrected chi connectivity index (χ3v) is 4.42. The predicted molar refractivity (Wildman–Crippen MR) is 70.2 cm³/mol. The summed E-state index contributed by atoms with van der Waals surface area (Å²) in [6.45, 7) is 5.73. The van der Waals surface area contributed by atoms with Crippen LogP contribution in [-0.4, -0.2) is 62.3 Å². The lowest BCUT2D eigenvalue weighted by molar-refractivity contribution is 0.155. The monoisotopic (exact) mass is 244 g/mol. The van der Waals surface area contributed by atoms with Crippen molar-refractivity contribution < 1.29 is 4.74 Å². The first kappa shape index (κ1) is 12.7. The fourth-order valence-electron chi connectivity index (χ4n) is 2.27. The molecule has 0 aromatic rings. The van der Waals surface area contributed by atoms with Crippen molar-refractivity contribution in [1.82, 2.24) is 10.2 Å². The Kier molecular flexibility index (Phi) is 5.42. The molecule has 1 saturated carbocycles. The van der Waals surface area contributed by atoms with Crippen LogP contribution in [0.1, 0.15) is 12.8 Å². The fraction of sp³-hybridized carbons (Fsp3) is 1.00. The van der Waals surface area contributed by atoms with Crippen molar-refractivity contribution in [3.63, 3.8) is 0 Å². The van der Waals surface area contributed by atoms with Crippen molar-refractivity contribution in [2.75, 3.05) is 51.4 Å². The molecule has 1 saturated heterocycles. The summed E-state index contributed by atoms with van der Waals surface area (Å²) < 4.78 is 5.27. The van der Waals surface area contributed by atoms with E-state index in [9.17, 15) is 0 Å². The molecule has 1 N–H and O–H groups in total. The van der Waals surface area contributed by atoms with Crippen molar-refractivity contribution >= 4 is 11.8 Å². The van der Waals surface area contributed by atoms with Crippen LogP contribution in [0.3, 0.4) is 0 Å². The van der Waals surface area contributed by atoms with Gasteiger partial charge in [-0.15, -0.1) is 0 Å². The number of nitrogens with zero attached hydrogens (tertiary/aromatic N) is 1. The van der Waals surface area contributed by atoms with Gasteiger partial charge in [-0.3, -0.25) is 0 Å². The summed E-state index contributed by atoms with van der Waals surface area (Å²) in [4.78, 5) is 2.57. The molecule has 16 heavy (non-hydrogen) atoms. The Morgan fingerprint density at radius 2 is 2.12 bits per heavy atom. The molecule has 3 nitrogen and oxygen atoms in total. The minimum absolute atomic E-state index is 0.601. The SMILES string of the molecule is COCC(NCCN1CCSCC1)C1CC1. The van der Waals surface area contributed by atoms with Gasteiger partial charge in [0.1, 0.15) is 0 Å². The molecule has 1 heterocycles. The molecule has 0 bridgehead atoms. The predicted octanol–water partition coefficient (Wildman–Crippen LogP) is 1.05. The second kappa shape index (κ2) is 6.84. The highest BCUT2D eigenvalue weighted by atomic mass is 32.2. The average Bonchev–Trinajstić information content (AvgIpc) is 3.13. The van der Waals surface area contributed by atoms with E-state index in [0.717, 1.165) is 19.1 Å². The summed E-state index contributed by atoms with van der Waals surface area (Å²) in [5.74, 6) is 3.51. The quantitative estimate of drug-likeness (QED) is 0.723. The lowest BCUT2D eigenvalue weighted by Gasteiger charge is -2.27. The van der Waals surface area contributed by atoms with Gasteiger partial charge in [-0.2, -0.15) is 11.8 Å². The number of thioether (sulfide) groups is 1. The van der Waals surface area contributed by atoms with Crippen LogP contribution in [0.5, 0.6) is 0 Å². The number of hydrogen-bond acceptors (Lipinski definition) is 4. The van der Waals surface area contributed by atoms with E-state index in [0.29, 0.717) is 6.04 Å². The Hall–Kier alpha value is 0.230. The van der Waals surface area contributed by atoms with Gasteiger partial charge in [0.2, 0.25) is 0 Å². The van der Waals surface area contributed by atoms with Crippen LogP contribution in [0.2, 0.25) is 0 Å². The Morgan fingerprint density at radius 3 is 2.75 bits per heavy atom. The zero-order chi connectivity index (χ0) is 11.2. The summed E-state index contributed by atoms with van der Waals surface area (Å²) in [6, 6.07) is 0.601. The van der Waals surface area contributed by atoms with Crippen molar-refractivity contribution in [2.24, 2.45) is 5.92 Å². The van der Waals surface area contributed by atoms with E-state index in [1.54, 1.807) is 7.11 Å². The number of nitrogens with one attached hydrogen (secondary N) is 1. The molecule has 1 aliphatic heterocycles. The molecule has 0 amide bonds. The van der Waals surface area contributed by atoms with Crippen molar-refractivity contribution in [1.29, 1.82) is 0 Å². The maximum Gasteiger partial charge on any atom is 0.0618 e. The van der Waals surface area contributed by atoms with E-state index in [4.69, 9.17) is 4.74 Å². The summed E-state index contributed by atoms with van der Waals surface area (Å²) >= 11 is 2.08. The van der Waals surface area contributed by atoms with Gasteiger partial charge in [0.05, 0.1) is 6.61 Å². The first-order chi connectivity index (χ1) is 7.90. The Morgan fingerprint density at radius 1 is 1.38 bits per heavy atom. The number of methoxy groups -OCH3 is 1. The fourth-order valence-corrected chi connectivity index (χ4v) is 3.25. The van der Waals surface area contributed by atoms with Gasteiger partial charge in [-0.25, -0.2) is 0 Å². The molecule has 94 valence electrons. The van der Waals surface area contributed by atoms with Gasteiger partial charge >= 0.3 is 0 Å². The van der Waals surface area contributed by atoms with Crippen molar-refractivity contribution in [3.8, 4) is 0 Å². The molecule has 0 aromatic carbocycles. The normalized spacial score (nSPS) is 24.6. The van der Waals surface area contributed by atoms with E-state index in [1.165, 1.54) is 44.0 Å². The van der Waals surface area contributed by atoms with Gasteiger partial charge in [0, 0.05) is 50.8 Å². The van der Waals surface area contributed by atoms with Gasteiger partial charge in [-0.05, 0) is 18.8 Å². The van der Waals surface area contributed by atoms with E-state index in [1.807, 2.05) is 0 Å². The molecule has 1 unspecified atom stereocenters. The van der Waals surface area contributed by atoms with E-state index in [2.05, 4.69) is 22.0 Å². The van der Waals surface area contributed by atoms with Crippen LogP contribution in [0.15, 0.2) is 0 Å². The third-order valence-electron chi connectivity index (χ3n) is 3.48. The number of ether oxygens (including phenoxy) is 1. The maximum absolute atomic E-state index is 5.27. The lowest BCUT2D eigenvalue weighted by Crippen LogP contribution is -2.42. The number of hydrogen-bond donors (Lipinski definition) is 1. The van der Waals surface area contributed by atoms with Gasteiger partial charge in [0.25, 0.3) is 0 Å². The van der Waals surface area contributed by atoms with Crippen molar-refractivity contribution in [2.45, 2.75) is 18.9 Å². The first-order valence-electron chi connectivity index (χ1n) is 6.42. The second-order valence-corrected chi connectivity index (χ2v) is 6.03. The van der Waals surface area contributed by atoms with Gasteiger partial charge < -0.3 is 15.0 Å².